The molecule has 0 bridgehead atoms. The highest BCUT2D eigenvalue weighted by Crippen LogP contribution is 2.32. The predicted molar refractivity (Wildman–Crippen MR) is 67.9 cm³/mol. The van der Waals surface area contributed by atoms with Crippen molar-refractivity contribution in [3.8, 4) is 0 Å². The van der Waals surface area contributed by atoms with Gasteiger partial charge in [0, 0.05) is 18.1 Å². The summed E-state index contributed by atoms with van der Waals surface area (Å²) in [6.45, 7) is 2.74. The van der Waals surface area contributed by atoms with E-state index in [1.54, 1.807) is 0 Å². The second kappa shape index (κ2) is 5.73. The highest BCUT2D eigenvalue weighted by atomic mass is 32.2. The molecule has 16 heavy (non-hydrogen) atoms. The van der Waals surface area contributed by atoms with Gasteiger partial charge >= 0.3 is 0 Å². The molecule has 0 amide bonds. The first-order chi connectivity index (χ1) is 7.81. The summed E-state index contributed by atoms with van der Waals surface area (Å²) < 4.78 is 5.69. The fraction of sp³-hybridized carbons (Fsp3) is 0.750. The van der Waals surface area contributed by atoms with Crippen molar-refractivity contribution >= 4 is 11.8 Å². The van der Waals surface area contributed by atoms with Gasteiger partial charge in [0.2, 0.25) is 0 Å². The summed E-state index contributed by atoms with van der Waals surface area (Å²) in [6.07, 6.45) is 4.40. The second-order valence-electron chi connectivity index (χ2n) is 4.36. The summed E-state index contributed by atoms with van der Waals surface area (Å²) >= 11 is 2.03. The Morgan fingerprint density at radius 3 is 3.12 bits per heavy atom. The summed E-state index contributed by atoms with van der Waals surface area (Å²) in [6, 6.07) is 0. The average Bonchev–Trinajstić information content (AvgIpc) is 2.69. The minimum absolute atomic E-state index is 0.606. The van der Waals surface area contributed by atoms with E-state index < -0.39 is 0 Å². The largest absolute Gasteiger partial charge is 0.446 e. The summed E-state index contributed by atoms with van der Waals surface area (Å²) in [7, 11) is 0. The molecule has 1 atom stereocenters. The number of nitrogens with two attached hydrogens (primary N) is 1. The molecule has 1 saturated heterocycles. The van der Waals surface area contributed by atoms with Crippen LogP contribution in [0.3, 0.4) is 0 Å². The number of hydrogen-bond donors (Lipinski definition) is 1. The Morgan fingerprint density at radius 2 is 2.44 bits per heavy atom. The van der Waals surface area contributed by atoms with Gasteiger partial charge < -0.3 is 10.2 Å². The van der Waals surface area contributed by atoms with Crippen molar-refractivity contribution in [3.63, 3.8) is 0 Å². The number of nitrogens with zero attached hydrogens (tertiary/aromatic N) is 1. The number of hydrogen-bond acceptors (Lipinski definition) is 4. The van der Waals surface area contributed by atoms with Crippen LogP contribution in [-0.4, -0.2) is 23.0 Å². The molecule has 0 aliphatic carbocycles. The SMILES string of the molecule is Cc1oc(CCCN)nc1C1CCCSC1. The predicted octanol–water partition coefficient (Wildman–Crippen LogP) is 2.48. The zero-order valence-corrected chi connectivity index (χ0v) is 10.7. The molecule has 1 unspecified atom stereocenters. The Hall–Kier alpha value is -0.480. The van der Waals surface area contributed by atoms with Gasteiger partial charge in [0.1, 0.15) is 5.76 Å². The van der Waals surface area contributed by atoms with E-state index >= 15 is 0 Å². The van der Waals surface area contributed by atoms with Crippen molar-refractivity contribution in [1.82, 2.24) is 4.98 Å². The van der Waals surface area contributed by atoms with Crippen LogP contribution in [-0.2, 0) is 6.42 Å². The highest BCUT2D eigenvalue weighted by Gasteiger charge is 2.22. The highest BCUT2D eigenvalue weighted by molar-refractivity contribution is 7.99. The number of thioether (sulfide) groups is 1. The number of aromatic nitrogens is 1. The first kappa shape index (κ1) is 12.0. The molecule has 2 rings (SSSR count). The summed E-state index contributed by atoms with van der Waals surface area (Å²) in [5.41, 5.74) is 6.68. The third-order valence-electron chi connectivity index (χ3n) is 3.02. The Balaban J connectivity index is 2.04. The van der Waals surface area contributed by atoms with Crippen molar-refractivity contribution in [2.75, 3.05) is 18.1 Å². The third-order valence-corrected chi connectivity index (χ3v) is 4.23. The van der Waals surface area contributed by atoms with E-state index in [0.717, 1.165) is 24.5 Å². The van der Waals surface area contributed by atoms with Gasteiger partial charge in [0.25, 0.3) is 0 Å². The molecule has 0 spiro atoms. The van der Waals surface area contributed by atoms with Gasteiger partial charge in [-0.2, -0.15) is 11.8 Å². The molecule has 1 aliphatic heterocycles. The zero-order chi connectivity index (χ0) is 11.4. The second-order valence-corrected chi connectivity index (χ2v) is 5.51. The van der Waals surface area contributed by atoms with E-state index in [-0.39, 0.29) is 0 Å². The molecule has 0 saturated carbocycles. The van der Waals surface area contributed by atoms with Crippen LogP contribution in [0.25, 0.3) is 0 Å². The van der Waals surface area contributed by atoms with E-state index in [1.165, 1.54) is 30.0 Å². The lowest BCUT2D eigenvalue weighted by Gasteiger charge is -2.19. The van der Waals surface area contributed by atoms with Crippen LogP contribution >= 0.6 is 11.8 Å². The molecule has 1 aromatic heterocycles. The van der Waals surface area contributed by atoms with E-state index in [1.807, 2.05) is 18.7 Å². The van der Waals surface area contributed by atoms with Gasteiger partial charge in [0.15, 0.2) is 5.89 Å². The molecule has 1 fully saturated rings. The Kier molecular flexibility index (Phi) is 4.29. The van der Waals surface area contributed by atoms with Crippen molar-refractivity contribution in [2.24, 2.45) is 5.73 Å². The van der Waals surface area contributed by atoms with Crippen LogP contribution < -0.4 is 5.73 Å². The third kappa shape index (κ3) is 2.80. The standard InChI is InChI=1S/C12H20N2OS/c1-9-12(10-4-3-7-16-8-10)14-11(15-9)5-2-6-13/h10H,2-8,13H2,1H3. The molecule has 2 N–H and O–H groups in total. The van der Waals surface area contributed by atoms with E-state index in [0.29, 0.717) is 12.5 Å². The van der Waals surface area contributed by atoms with Gasteiger partial charge in [-0.25, -0.2) is 4.98 Å². The Bertz CT molecular complexity index is 332. The molecule has 3 nitrogen and oxygen atoms in total. The molecule has 2 heterocycles. The fourth-order valence-electron chi connectivity index (χ4n) is 2.16. The molecular weight excluding hydrogens is 220 g/mol. The molecule has 0 aromatic carbocycles. The molecule has 0 radical (unpaired) electrons. The van der Waals surface area contributed by atoms with Gasteiger partial charge in [-0.15, -0.1) is 0 Å². The van der Waals surface area contributed by atoms with Crippen LogP contribution in [0.1, 0.15) is 42.5 Å². The number of rotatable bonds is 4. The van der Waals surface area contributed by atoms with Crippen molar-refractivity contribution in [3.05, 3.63) is 17.3 Å². The smallest absolute Gasteiger partial charge is 0.194 e. The van der Waals surface area contributed by atoms with Crippen molar-refractivity contribution in [1.29, 1.82) is 0 Å². The van der Waals surface area contributed by atoms with E-state index in [4.69, 9.17) is 10.2 Å². The molecular formula is C12H20N2OS. The normalized spacial score (nSPS) is 21.2. The zero-order valence-electron chi connectivity index (χ0n) is 9.87. The maximum atomic E-state index is 5.69. The maximum Gasteiger partial charge on any atom is 0.194 e. The van der Waals surface area contributed by atoms with E-state index in [9.17, 15) is 0 Å². The fourth-order valence-corrected chi connectivity index (χ4v) is 3.31. The lowest BCUT2D eigenvalue weighted by Crippen LogP contribution is -2.10. The molecule has 1 aliphatic rings. The Labute approximate surface area is 101 Å². The maximum absolute atomic E-state index is 5.69. The molecule has 90 valence electrons. The van der Waals surface area contributed by atoms with Crippen molar-refractivity contribution < 1.29 is 4.42 Å². The molecule has 1 aromatic rings. The monoisotopic (exact) mass is 240 g/mol. The summed E-state index contributed by atoms with van der Waals surface area (Å²) in [4.78, 5) is 4.64. The van der Waals surface area contributed by atoms with Gasteiger partial charge in [-0.05, 0) is 38.5 Å². The quantitative estimate of drug-likeness (QED) is 0.878. The minimum atomic E-state index is 0.606. The van der Waals surface area contributed by atoms with Crippen LogP contribution in [0.5, 0.6) is 0 Å². The first-order valence-corrected chi connectivity index (χ1v) is 7.20. The minimum Gasteiger partial charge on any atom is -0.446 e. The van der Waals surface area contributed by atoms with Gasteiger partial charge in [0.05, 0.1) is 5.69 Å². The molecule has 4 heteroatoms. The van der Waals surface area contributed by atoms with Crippen LogP contribution in [0.2, 0.25) is 0 Å². The van der Waals surface area contributed by atoms with Gasteiger partial charge in [-0.1, -0.05) is 0 Å². The van der Waals surface area contributed by atoms with Crippen LogP contribution in [0.15, 0.2) is 4.42 Å². The lowest BCUT2D eigenvalue weighted by molar-refractivity contribution is 0.464. The number of aryl methyl sites for hydroxylation is 2. The van der Waals surface area contributed by atoms with Crippen LogP contribution in [0, 0.1) is 6.92 Å². The van der Waals surface area contributed by atoms with E-state index in [2.05, 4.69) is 4.98 Å². The number of oxazole rings is 1. The lowest BCUT2D eigenvalue weighted by atomic mass is 10.0. The summed E-state index contributed by atoms with van der Waals surface area (Å²) in [5, 5.41) is 0. The van der Waals surface area contributed by atoms with Crippen LogP contribution in [0.4, 0.5) is 0 Å². The van der Waals surface area contributed by atoms with Crippen molar-refractivity contribution in [2.45, 2.75) is 38.5 Å². The summed E-state index contributed by atoms with van der Waals surface area (Å²) in [5.74, 6) is 4.99. The average molecular weight is 240 g/mol. The topological polar surface area (TPSA) is 52.0 Å². The Morgan fingerprint density at radius 1 is 1.56 bits per heavy atom. The first-order valence-electron chi connectivity index (χ1n) is 6.05. The van der Waals surface area contributed by atoms with Gasteiger partial charge in [-0.3, -0.25) is 0 Å².